The lowest BCUT2D eigenvalue weighted by Crippen LogP contribution is -2.48. The maximum Gasteiger partial charge on any atom is 0.416 e. The van der Waals surface area contributed by atoms with Crippen LogP contribution in [0.15, 0.2) is 60.5 Å². The van der Waals surface area contributed by atoms with Crippen molar-refractivity contribution in [3.63, 3.8) is 0 Å². The molecule has 2 aliphatic rings. The first-order chi connectivity index (χ1) is 21.6. The summed E-state index contributed by atoms with van der Waals surface area (Å²) in [6.07, 6.45) is -7.93. The minimum absolute atomic E-state index is 0.0534. The van der Waals surface area contributed by atoms with Gasteiger partial charge in [-0.2, -0.15) is 26.3 Å². The van der Waals surface area contributed by atoms with Crippen LogP contribution in [0.3, 0.4) is 0 Å². The first-order valence-electron chi connectivity index (χ1n) is 14.8. The Bertz CT molecular complexity index is 1470. The highest BCUT2D eigenvalue weighted by molar-refractivity contribution is 7.92. The molecule has 4 rings (SSSR count). The molecular weight excluding hydrogens is 638 g/mol. The van der Waals surface area contributed by atoms with Crippen LogP contribution >= 0.6 is 0 Å². The molecule has 0 spiro atoms. The zero-order valence-electron chi connectivity index (χ0n) is 24.8. The van der Waals surface area contributed by atoms with Crippen LogP contribution in [0.4, 0.5) is 26.3 Å². The quantitative estimate of drug-likeness (QED) is 0.293. The predicted octanol–water partition coefficient (Wildman–Crippen LogP) is 4.95. The van der Waals surface area contributed by atoms with Crippen LogP contribution in [0, 0.1) is 11.8 Å². The van der Waals surface area contributed by atoms with E-state index >= 15 is 0 Å². The molecule has 2 aromatic rings. The lowest BCUT2D eigenvalue weighted by atomic mass is 9.83. The second-order valence-corrected chi connectivity index (χ2v) is 13.4. The van der Waals surface area contributed by atoms with Crippen molar-refractivity contribution in [2.24, 2.45) is 11.8 Å². The lowest BCUT2D eigenvalue weighted by Gasteiger charge is -2.33. The summed E-state index contributed by atoms with van der Waals surface area (Å²) < 4.78 is 104. The zero-order chi connectivity index (χ0) is 33.7. The Kier molecular flexibility index (Phi) is 11.2. The highest BCUT2D eigenvalue weighted by atomic mass is 32.2. The summed E-state index contributed by atoms with van der Waals surface area (Å²) in [6.45, 7) is 4.21. The first-order valence-corrected chi connectivity index (χ1v) is 16.4. The van der Waals surface area contributed by atoms with E-state index in [1.807, 2.05) is 0 Å². The van der Waals surface area contributed by atoms with Crippen LogP contribution in [0.2, 0.25) is 0 Å². The van der Waals surface area contributed by atoms with E-state index in [-0.39, 0.29) is 56.6 Å². The van der Waals surface area contributed by atoms with Crippen LogP contribution < -0.4 is 15.4 Å². The number of amides is 2. The highest BCUT2D eigenvalue weighted by Crippen LogP contribution is 2.34. The molecule has 0 aromatic heterocycles. The van der Waals surface area contributed by atoms with Crippen LogP contribution in [-0.2, 0) is 27.5 Å². The summed E-state index contributed by atoms with van der Waals surface area (Å²) in [5.41, 5.74) is 0.512. The van der Waals surface area contributed by atoms with Crippen molar-refractivity contribution in [1.29, 1.82) is 0 Å². The SMILES string of the molecule is C=CS(=O)(=O)NCC1CCN(C(=O)c2ccc(C(CC3CCC(C(F)(F)F)NC3)C(=O)NCc3ccc(C(F)(F)F)cc3)cc2)C1. The van der Waals surface area contributed by atoms with E-state index in [4.69, 9.17) is 0 Å². The van der Waals surface area contributed by atoms with Gasteiger partial charge in [0, 0.05) is 37.2 Å². The molecule has 8 nitrogen and oxygen atoms in total. The summed E-state index contributed by atoms with van der Waals surface area (Å²) >= 11 is 0. The lowest BCUT2D eigenvalue weighted by molar-refractivity contribution is -0.162. The van der Waals surface area contributed by atoms with E-state index in [2.05, 4.69) is 21.9 Å². The van der Waals surface area contributed by atoms with Crippen molar-refractivity contribution in [3.8, 4) is 0 Å². The number of rotatable bonds is 11. The normalized spacial score (nSPS) is 21.5. The molecule has 2 amide bonds. The van der Waals surface area contributed by atoms with Crippen molar-refractivity contribution in [3.05, 3.63) is 82.8 Å². The molecule has 0 aliphatic carbocycles. The van der Waals surface area contributed by atoms with Gasteiger partial charge in [-0.05, 0) is 79.5 Å². The zero-order valence-corrected chi connectivity index (χ0v) is 25.6. The number of sulfonamides is 1. The monoisotopic (exact) mass is 674 g/mol. The summed E-state index contributed by atoms with van der Waals surface area (Å²) in [5.74, 6) is -1.82. The smallest absolute Gasteiger partial charge is 0.351 e. The Balaban J connectivity index is 1.43. The fraction of sp³-hybridized carbons (Fsp3) is 0.484. The van der Waals surface area contributed by atoms with Gasteiger partial charge in [-0.3, -0.25) is 9.59 Å². The average molecular weight is 675 g/mol. The van der Waals surface area contributed by atoms with Gasteiger partial charge in [-0.1, -0.05) is 30.8 Å². The van der Waals surface area contributed by atoms with Gasteiger partial charge in [0.05, 0.1) is 11.5 Å². The second kappa shape index (κ2) is 14.6. The second-order valence-electron chi connectivity index (χ2n) is 11.7. The number of benzene rings is 2. The third kappa shape index (κ3) is 9.55. The third-order valence-corrected chi connectivity index (χ3v) is 9.48. The molecule has 3 N–H and O–H groups in total. The minimum atomic E-state index is -4.50. The number of halogens is 6. The number of hydrogen-bond acceptors (Lipinski definition) is 5. The molecule has 252 valence electrons. The molecule has 46 heavy (non-hydrogen) atoms. The van der Waals surface area contributed by atoms with Crippen LogP contribution in [0.25, 0.3) is 0 Å². The van der Waals surface area contributed by atoms with Gasteiger partial charge in [-0.25, -0.2) is 13.1 Å². The van der Waals surface area contributed by atoms with E-state index in [0.717, 1.165) is 17.5 Å². The molecular formula is C31H36F6N4O4S. The van der Waals surface area contributed by atoms with Gasteiger partial charge >= 0.3 is 12.4 Å². The molecule has 2 saturated heterocycles. The molecule has 2 fully saturated rings. The van der Waals surface area contributed by atoms with Gasteiger partial charge in [0.1, 0.15) is 6.04 Å². The molecule has 2 aromatic carbocycles. The summed E-state index contributed by atoms with van der Waals surface area (Å²) in [4.78, 5) is 28.2. The van der Waals surface area contributed by atoms with E-state index < -0.39 is 45.8 Å². The molecule has 0 saturated carbocycles. The summed E-state index contributed by atoms with van der Waals surface area (Å²) in [5, 5.41) is 6.08. The number of nitrogens with zero attached hydrogens (tertiary/aromatic N) is 1. The van der Waals surface area contributed by atoms with Gasteiger partial charge in [0.15, 0.2) is 0 Å². The van der Waals surface area contributed by atoms with E-state index in [9.17, 15) is 44.3 Å². The fourth-order valence-corrected chi connectivity index (χ4v) is 6.35. The molecule has 2 aliphatic heterocycles. The Morgan fingerprint density at radius 2 is 1.65 bits per heavy atom. The Morgan fingerprint density at radius 1 is 0.978 bits per heavy atom. The molecule has 4 atom stereocenters. The van der Waals surface area contributed by atoms with Crippen LogP contribution in [0.5, 0.6) is 0 Å². The van der Waals surface area contributed by atoms with Crippen LogP contribution in [0.1, 0.15) is 58.6 Å². The van der Waals surface area contributed by atoms with Gasteiger partial charge in [0.25, 0.3) is 5.91 Å². The van der Waals surface area contributed by atoms with E-state index in [1.54, 1.807) is 29.2 Å². The van der Waals surface area contributed by atoms with Crippen molar-refractivity contribution in [1.82, 2.24) is 20.3 Å². The van der Waals surface area contributed by atoms with Gasteiger partial charge in [0.2, 0.25) is 15.9 Å². The van der Waals surface area contributed by atoms with E-state index in [0.29, 0.717) is 36.2 Å². The Labute approximate surface area is 263 Å². The first kappa shape index (κ1) is 35.4. The van der Waals surface area contributed by atoms with Crippen LogP contribution in [-0.4, -0.2) is 63.5 Å². The average Bonchev–Trinajstić information content (AvgIpc) is 3.50. The number of nitrogens with one attached hydrogen (secondary N) is 3. The van der Waals surface area contributed by atoms with Gasteiger partial charge < -0.3 is 15.5 Å². The minimum Gasteiger partial charge on any atom is -0.351 e. The van der Waals surface area contributed by atoms with Crippen molar-refractivity contribution in [2.75, 3.05) is 26.2 Å². The Hall–Kier alpha value is -3.43. The largest absolute Gasteiger partial charge is 0.416 e. The topological polar surface area (TPSA) is 108 Å². The molecule has 15 heteroatoms. The molecule has 0 radical (unpaired) electrons. The van der Waals surface area contributed by atoms with Crippen molar-refractivity contribution >= 4 is 21.8 Å². The number of carbonyl (C=O) groups is 2. The summed E-state index contributed by atoms with van der Waals surface area (Å²) in [6, 6.07) is 9.13. The number of hydrogen-bond donors (Lipinski definition) is 3. The number of alkyl halides is 6. The number of carbonyl (C=O) groups excluding carboxylic acids is 2. The molecule has 0 bridgehead atoms. The third-order valence-electron chi connectivity index (χ3n) is 8.47. The molecule has 4 unspecified atom stereocenters. The van der Waals surface area contributed by atoms with Crippen molar-refractivity contribution < 1.29 is 44.3 Å². The predicted molar refractivity (Wildman–Crippen MR) is 159 cm³/mol. The van der Waals surface area contributed by atoms with Gasteiger partial charge in [-0.15, -0.1) is 0 Å². The van der Waals surface area contributed by atoms with E-state index in [1.165, 1.54) is 12.1 Å². The maximum absolute atomic E-state index is 13.4. The standard InChI is InChI=1S/C31H36F6N4O4S/c1-2-46(44,45)40-18-22-13-14-41(19-22)29(43)24-8-6-23(7-9-24)26(15-21-5-12-27(38-17-21)31(35,36)37)28(42)39-16-20-3-10-25(11-4-20)30(32,33)34/h2-4,6-11,21-22,26-27,38,40H,1,5,12-19H2,(H,39,42). The fourth-order valence-electron chi connectivity index (χ4n) is 5.77. The number of likely N-dealkylation sites (tertiary alicyclic amines) is 1. The number of piperidine rings is 1. The summed E-state index contributed by atoms with van der Waals surface area (Å²) in [7, 11) is -3.58. The highest BCUT2D eigenvalue weighted by Gasteiger charge is 2.42. The van der Waals surface area contributed by atoms with Crippen molar-refractivity contribution in [2.45, 2.75) is 56.5 Å². The molecule has 2 heterocycles. The Morgan fingerprint density at radius 3 is 2.22 bits per heavy atom. The maximum atomic E-state index is 13.4.